The van der Waals surface area contributed by atoms with Gasteiger partial charge >= 0.3 is 0 Å². The summed E-state index contributed by atoms with van der Waals surface area (Å²) in [4.78, 5) is 2.35. The third kappa shape index (κ3) is 2.91. The molecule has 1 N–H and O–H groups in total. The molecule has 3 unspecified atom stereocenters. The molecule has 1 aliphatic heterocycles. The van der Waals surface area contributed by atoms with Crippen LogP contribution in [0.2, 0.25) is 0 Å². The molecule has 1 saturated heterocycles. The number of anilines is 1. The lowest BCUT2D eigenvalue weighted by Gasteiger charge is -2.41. The number of aliphatic hydroxyl groups excluding tert-OH is 1. The average molecular weight is 279 g/mol. The van der Waals surface area contributed by atoms with E-state index in [0.29, 0.717) is 6.04 Å². The van der Waals surface area contributed by atoms with Gasteiger partial charge in [-0.2, -0.15) is 0 Å². The summed E-state index contributed by atoms with van der Waals surface area (Å²) in [6, 6.07) is 6.28. The fourth-order valence-corrected chi connectivity index (χ4v) is 2.86. The third-order valence-corrected chi connectivity index (χ3v) is 3.93. The molecule has 4 nitrogen and oxygen atoms in total. The van der Waals surface area contributed by atoms with E-state index >= 15 is 0 Å². The summed E-state index contributed by atoms with van der Waals surface area (Å²) < 4.78 is 11.2. The Hall–Kier alpha value is -1.26. The van der Waals surface area contributed by atoms with E-state index in [4.69, 9.17) is 9.47 Å². The second kappa shape index (κ2) is 6.46. The molecule has 1 fully saturated rings. The van der Waals surface area contributed by atoms with Gasteiger partial charge in [-0.25, -0.2) is 0 Å². The Morgan fingerprint density at radius 1 is 1.50 bits per heavy atom. The molecule has 0 saturated carbocycles. The van der Waals surface area contributed by atoms with E-state index in [9.17, 15) is 5.11 Å². The predicted molar refractivity (Wildman–Crippen MR) is 80.5 cm³/mol. The third-order valence-electron chi connectivity index (χ3n) is 3.93. The van der Waals surface area contributed by atoms with Crippen molar-refractivity contribution in [3.8, 4) is 5.75 Å². The zero-order valence-corrected chi connectivity index (χ0v) is 12.8. The molecule has 0 amide bonds. The maximum atomic E-state index is 10.1. The maximum absolute atomic E-state index is 10.1. The molecule has 0 radical (unpaired) electrons. The standard InChI is InChI=1S/C16H25NO3/c1-5-13-10-20-11(2)9-17(13)14-7-6-8-15(19-4)16(14)12(3)18/h6-8,11-13,18H,5,9-10H2,1-4H3. The Labute approximate surface area is 121 Å². The number of hydrogen-bond donors (Lipinski definition) is 1. The van der Waals surface area contributed by atoms with E-state index in [1.807, 2.05) is 12.1 Å². The summed E-state index contributed by atoms with van der Waals surface area (Å²) in [5, 5.41) is 10.1. The van der Waals surface area contributed by atoms with Gasteiger partial charge in [0.05, 0.1) is 32.0 Å². The van der Waals surface area contributed by atoms with Crippen molar-refractivity contribution in [2.24, 2.45) is 0 Å². The molecule has 1 aromatic rings. The van der Waals surface area contributed by atoms with E-state index in [-0.39, 0.29) is 6.10 Å². The van der Waals surface area contributed by atoms with E-state index in [0.717, 1.165) is 36.6 Å². The first-order valence-corrected chi connectivity index (χ1v) is 7.31. The van der Waals surface area contributed by atoms with Crippen molar-refractivity contribution in [2.75, 3.05) is 25.2 Å². The minimum Gasteiger partial charge on any atom is -0.496 e. The van der Waals surface area contributed by atoms with Crippen molar-refractivity contribution in [3.05, 3.63) is 23.8 Å². The molecule has 4 heteroatoms. The van der Waals surface area contributed by atoms with Crippen molar-refractivity contribution >= 4 is 5.69 Å². The van der Waals surface area contributed by atoms with E-state index in [2.05, 4.69) is 24.8 Å². The lowest BCUT2D eigenvalue weighted by atomic mass is 10.0. The van der Waals surface area contributed by atoms with E-state index < -0.39 is 6.10 Å². The molecular formula is C16H25NO3. The van der Waals surface area contributed by atoms with Crippen LogP contribution in [0.15, 0.2) is 18.2 Å². The van der Waals surface area contributed by atoms with Crippen LogP contribution in [0, 0.1) is 0 Å². The van der Waals surface area contributed by atoms with Gasteiger partial charge in [0.2, 0.25) is 0 Å². The number of methoxy groups -OCH3 is 1. The lowest BCUT2D eigenvalue weighted by molar-refractivity contribution is 0.0296. The Bertz CT molecular complexity index is 447. The highest BCUT2D eigenvalue weighted by Crippen LogP contribution is 2.36. The first-order chi connectivity index (χ1) is 9.58. The van der Waals surface area contributed by atoms with Gasteiger partial charge < -0.3 is 19.5 Å². The quantitative estimate of drug-likeness (QED) is 0.920. The molecule has 112 valence electrons. The molecule has 1 aliphatic rings. The average Bonchev–Trinajstić information content (AvgIpc) is 2.46. The van der Waals surface area contributed by atoms with Gasteiger partial charge in [0.1, 0.15) is 5.75 Å². The molecule has 20 heavy (non-hydrogen) atoms. The maximum Gasteiger partial charge on any atom is 0.126 e. The van der Waals surface area contributed by atoms with Crippen molar-refractivity contribution in [2.45, 2.75) is 45.4 Å². The molecular weight excluding hydrogens is 254 g/mol. The number of ether oxygens (including phenoxy) is 2. The zero-order valence-electron chi connectivity index (χ0n) is 12.8. The topological polar surface area (TPSA) is 41.9 Å². The minimum absolute atomic E-state index is 0.200. The first kappa shape index (κ1) is 15.1. The fraction of sp³-hybridized carbons (Fsp3) is 0.625. The smallest absolute Gasteiger partial charge is 0.126 e. The predicted octanol–water partition coefficient (Wildman–Crippen LogP) is 2.75. The molecule has 3 atom stereocenters. The molecule has 2 rings (SSSR count). The highest BCUT2D eigenvalue weighted by Gasteiger charge is 2.29. The summed E-state index contributed by atoms with van der Waals surface area (Å²) in [7, 11) is 1.64. The monoisotopic (exact) mass is 279 g/mol. The largest absolute Gasteiger partial charge is 0.496 e. The van der Waals surface area contributed by atoms with Crippen LogP contribution >= 0.6 is 0 Å². The highest BCUT2D eigenvalue weighted by atomic mass is 16.5. The molecule has 0 spiro atoms. The lowest BCUT2D eigenvalue weighted by Crippen LogP contribution is -2.49. The van der Waals surface area contributed by atoms with Crippen molar-refractivity contribution in [1.82, 2.24) is 0 Å². The number of hydrogen-bond acceptors (Lipinski definition) is 4. The highest BCUT2D eigenvalue weighted by molar-refractivity contribution is 5.61. The van der Waals surface area contributed by atoms with Gasteiger partial charge in [-0.05, 0) is 32.4 Å². The van der Waals surface area contributed by atoms with Crippen LogP contribution in [0.25, 0.3) is 0 Å². The normalized spacial score (nSPS) is 24.6. The van der Waals surface area contributed by atoms with Crippen molar-refractivity contribution in [3.63, 3.8) is 0 Å². The first-order valence-electron chi connectivity index (χ1n) is 7.31. The van der Waals surface area contributed by atoms with E-state index in [1.165, 1.54) is 0 Å². The molecule has 0 bridgehead atoms. The van der Waals surface area contributed by atoms with Crippen molar-refractivity contribution in [1.29, 1.82) is 0 Å². The Balaban J connectivity index is 2.44. The minimum atomic E-state index is -0.559. The van der Waals surface area contributed by atoms with Crippen LogP contribution in [0.4, 0.5) is 5.69 Å². The van der Waals surface area contributed by atoms with Crippen LogP contribution in [0.1, 0.15) is 38.9 Å². The molecule has 0 aliphatic carbocycles. The number of benzene rings is 1. The van der Waals surface area contributed by atoms with Gasteiger partial charge in [-0.3, -0.25) is 0 Å². The summed E-state index contributed by atoms with van der Waals surface area (Å²) in [6.45, 7) is 7.60. The second-order valence-electron chi connectivity index (χ2n) is 5.43. The van der Waals surface area contributed by atoms with Gasteiger partial charge in [0.15, 0.2) is 0 Å². The SMILES string of the molecule is CCC1COC(C)CN1c1cccc(OC)c1C(C)O. The summed E-state index contributed by atoms with van der Waals surface area (Å²) in [5.74, 6) is 0.742. The summed E-state index contributed by atoms with van der Waals surface area (Å²) >= 11 is 0. The van der Waals surface area contributed by atoms with Crippen molar-refractivity contribution < 1.29 is 14.6 Å². The van der Waals surface area contributed by atoms with Crippen LogP contribution in [-0.2, 0) is 4.74 Å². The van der Waals surface area contributed by atoms with E-state index in [1.54, 1.807) is 14.0 Å². The zero-order chi connectivity index (χ0) is 14.7. The van der Waals surface area contributed by atoms with Crippen LogP contribution in [0.3, 0.4) is 0 Å². The summed E-state index contributed by atoms with van der Waals surface area (Å²) in [6.07, 6.45) is 0.658. The van der Waals surface area contributed by atoms with Crippen LogP contribution in [-0.4, -0.2) is 37.5 Å². The van der Waals surface area contributed by atoms with Gasteiger partial charge in [0, 0.05) is 17.8 Å². The van der Waals surface area contributed by atoms with Crippen LogP contribution in [0.5, 0.6) is 5.75 Å². The number of morpholine rings is 1. The second-order valence-corrected chi connectivity index (χ2v) is 5.43. The fourth-order valence-electron chi connectivity index (χ4n) is 2.86. The number of rotatable bonds is 4. The molecule has 1 aromatic carbocycles. The summed E-state index contributed by atoms with van der Waals surface area (Å²) in [5.41, 5.74) is 1.92. The number of aliphatic hydroxyl groups is 1. The Morgan fingerprint density at radius 2 is 2.25 bits per heavy atom. The molecule has 0 aromatic heterocycles. The number of nitrogens with zero attached hydrogens (tertiary/aromatic N) is 1. The Morgan fingerprint density at radius 3 is 2.85 bits per heavy atom. The Kier molecular flexibility index (Phi) is 4.89. The van der Waals surface area contributed by atoms with Gasteiger partial charge in [-0.15, -0.1) is 0 Å². The van der Waals surface area contributed by atoms with Gasteiger partial charge in [-0.1, -0.05) is 13.0 Å². The molecule has 1 heterocycles. The van der Waals surface area contributed by atoms with Gasteiger partial charge in [0.25, 0.3) is 0 Å². The van der Waals surface area contributed by atoms with Crippen LogP contribution < -0.4 is 9.64 Å².